The molecule has 2 heterocycles. The van der Waals surface area contributed by atoms with Gasteiger partial charge >= 0.3 is 0 Å². The first kappa shape index (κ1) is 12.0. The second-order valence-corrected chi connectivity index (χ2v) is 5.07. The fourth-order valence-corrected chi connectivity index (χ4v) is 2.25. The zero-order valence-corrected chi connectivity index (χ0v) is 11.0. The van der Waals surface area contributed by atoms with Gasteiger partial charge in [-0.05, 0) is 12.8 Å². The minimum atomic E-state index is 0.256. The van der Waals surface area contributed by atoms with Crippen molar-refractivity contribution in [2.24, 2.45) is 23.7 Å². The minimum Gasteiger partial charge on any atom is -0.370 e. The Morgan fingerprint density at radius 2 is 2.24 bits per heavy atom. The Bertz CT molecular complexity index is 432. The molecule has 0 amide bonds. The van der Waals surface area contributed by atoms with E-state index in [0.717, 1.165) is 13.1 Å². The molecule has 0 fully saturated rings. The first-order chi connectivity index (χ1) is 8.00. The first-order valence-electron chi connectivity index (χ1n) is 6.05. The topological polar surface area (TPSA) is 59.4 Å². The summed E-state index contributed by atoms with van der Waals surface area (Å²) in [6.07, 6.45) is 1.93. The molecule has 94 valence electrons. The van der Waals surface area contributed by atoms with Crippen LogP contribution in [0.2, 0.25) is 0 Å². The summed E-state index contributed by atoms with van der Waals surface area (Å²) in [5.74, 6) is 1.23. The number of aliphatic imine (C=N–C) groups is 1. The molecule has 1 unspecified atom stereocenters. The highest BCUT2D eigenvalue weighted by atomic mass is 15.3. The van der Waals surface area contributed by atoms with Gasteiger partial charge in [0.15, 0.2) is 5.96 Å². The van der Waals surface area contributed by atoms with E-state index in [0.29, 0.717) is 11.9 Å². The van der Waals surface area contributed by atoms with Crippen molar-refractivity contribution in [3.05, 3.63) is 17.5 Å². The summed E-state index contributed by atoms with van der Waals surface area (Å²) in [5.41, 5.74) is 8.38. The van der Waals surface area contributed by atoms with Gasteiger partial charge in [-0.2, -0.15) is 5.10 Å². The van der Waals surface area contributed by atoms with E-state index in [4.69, 9.17) is 5.73 Å². The van der Waals surface area contributed by atoms with Crippen LogP contribution in [0.5, 0.6) is 0 Å². The normalized spacial score (nSPS) is 20.2. The van der Waals surface area contributed by atoms with Crippen molar-refractivity contribution in [2.45, 2.75) is 26.8 Å². The average molecular weight is 235 g/mol. The van der Waals surface area contributed by atoms with E-state index in [1.54, 1.807) is 0 Å². The standard InChI is InChI=1S/C12H21N5/c1-8(2)7-17-11(6-14-12(17)13)10-5-15-16(4)9(10)3/h5,8,11H,6-7H2,1-4H3,(H2,13,14). The summed E-state index contributed by atoms with van der Waals surface area (Å²) in [7, 11) is 1.96. The van der Waals surface area contributed by atoms with Gasteiger partial charge in [-0.15, -0.1) is 0 Å². The van der Waals surface area contributed by atoms with Crippen molar-refractivity contribution in [2.75, 3.05) is 13.1 Å². The van der Waals surface area contributed by atoms with Crippen molar-refractivity contribution in [3.8, 4) is 0 Å². The number of hydrogen-bond acceptors (Lipinski definition) is 4. The van der Waals surface area contributed by atoms with Crippen molar-refractivity contribution in [1.82, 2.24) is 14.7 Å². The van der Waals surface area contributed by atoms with Gasteiger partial charge in [0.05, 0.1) is 18.8 Å². The van der Waals surface area contributed by atoms with Gasteiger partial charge in [0, 0.05) is 24.8 Å². The molecular formula is C12H21N5. The molecule has 0 radical (unpaired) electrons. The summed E-state index contributed by atoms with van der Waals surface area (Å²) < 4.78 is 1.90. The van der Waals surface area contributed by atoms with Crippen LogP contribution in [0.1, 0.15) is 31.1 Å². The molecule has 2 rings (SSSR count). The highest BCUT2D eigenvalue weighted by Gasteiger charge is 2.30. The number of nitrogens with zero attached hydrogens (tertiary/aromatic N) is 4. The second-order valence-electron chi connectivity index (χ2n) is 5.07. The lowest BCUT2D eigenvalue weighted by molar-refractivity contribution is 0.308. The lowest BCUT2D eigenvalue weighted by Crippen LogP contribution is -2.38. The number of hydrogen-bond donors (Lipinski definition) is 1. The average Bonchev–Trinajstić information content (AvgIpc) is 2.75. The quantitative estimate of drug-likeness (QED) is 0.852. The molecule has 0 spiro atoms. The Morgan fingerprint density at radius 3 is 2.76 bits per heavy atom. The third-order valence-corrected chi connectivity index (χ3v) is 3.29. The molecule has 2 N–H and O–H groups in total. The number of guanidine groups is 1. The minimum absolute atomic E-state index is 0.256. The number of aromatic nitrogens is 2. The van der Waals surface area contributed by atoms with Gasteiger partial charge in [-0.3, -0.25) is 9.67 Å². The molecule has 1 atom stereocenters. The van der Waals surface area contributed by atoms with Crippen LogP contribution >= 0.6 is 0 Å². The van der Waals surface area contributed by atoms with Crippen LogP contribution < -0.4 is 5.73 Å². The first-order valence-corrected chi connectivity index (χ1v) is 6.05. The van der Waals surface area contributed by atoms with E-state index in [-0.39, 0.29) is 6.04 Å². The molecule has 5 heteroatoms. The van der Waals surface area contributed by atoms with Crippen LogP contribution in [0.15, 0.2) is 11.2 Å². The zero-order chi connectivity index (χ0) is 12.6. The van der Waals surface area contributed by atoms with Crippen LogP contribution in [0.3, 0.4) is 0 Å². The summed E-state index contributed by atoms with van der Waals surface area (Å²) >= 11 is 0. The van der Waals surface area contributed by atoms with Gasteiger partial charge in [0.25, 0.3) is 0 Å². The summed E-state index contributed by atoms with van der Waals surface area (Å²) in [4.78, 5) is 6.55. The van der Waals surface area contributed by atoms with Crippen LogP contribution in [-0.4, -0.2) is 33.7 Å². The second kappa shape index (κ2) is 4.39. The van der Waals surface area contributed by atoms with Gasteiger partial charge < -0.3 is 10.6 Å². The Hall–Kier alpha value is -1.52. The summed E-state index contributed by atoms with van der Waals surface area (Å²) in [6, 6.07) is 0.256. The SMILES string of the molecule is Cc1c(C2CN=C(N)N2CC(C)C)cnn1C. The van der Waals surface area contributed by atoms with Crippen LogP contribution in [0.25, 0.3) is 0 Å². The number of aryl methyl sites for hydroxylation is 1. The van der Waals surface area contributed by atoms with Crippen molar-refractivity contribution < 1.29 is 0 Å². The maximum atomic E-state index is 5.96. The number of nitrogens with two attached hydrogens (primary N) is 1. The zero-order valence-electron chi connectivity index (χ0n) is 11.0. The Morgan fingerprint density at radius 1 is 1.53 bits per heavy atom. The smallest absolute Gasteiger partial charge is 0.191 e. The molecule has 1 aliphatic rings. The van der Waals surface area contributed by atoms with Crippen LogP contribution in [0, 0.1) is 12.8 Å². The molecule has 5 nitrogen and oxygen atoms in total. The van der Waals surface area contributed by atoms with E-state index in [1.165, 1.54) is 11.3 Å². The van der Waals surface area contributed by atoms with Gasteiger partial charge in [-0.1, -0.05) is 13.8 Å². The Balaban J connectivity index is 2.24. The largest absolute Gasteiger partial charge is 0.370 e. The van der Waals surface area contributed by atoms with Crippen molar-refractivity contribution >= 4 is 5.96 Å². The molecule has 1 aliphatic heterocycles. The third kappa shape index (κ3) is 2.14. The third-order valence-electron chi connectivity index (χ3n) is 3.29. The molecule has 1 aromatic heterocycles. The molecular weight excluding hydrogens is 214 g/mol. The van der Waals surface area contributed by atoms with E-state index in [1.807, 2.05) is 17.9 Å². The predicted octanol–water partition coefficient (Wildman–Crippen LogP) is 1.06. The molecule has 0 saturated heterocycles. The highest BCUT2D eigenvalue weighted by molar-refractivity contribution is 5.80. The van der Waals surface area contributed by atoms with E-state index >= 15 is 0 Å². The molecule has 1 aromatic rings. The predicted molar refractivity (Wildman–Crippen MR) is 68.7 cm³/mol. The van der Waals surface area contributed by atoms with Crippen LogP contribution in [-0.2, 0) is 7.05 Å². The molecule has 0 aromatic carbocycles. The summed E-state index contributed by atoms with van der Waals surface area (Å²) in [5, 5.41) is 4.30. The Kier molecular flexibility index (Phi) is 3.09. The van der Waals surface area contributed by atoms with E-state index in [2.05, 4.69) is 35.8 Å². The highest BCUT2D eigenvalue weighted by Crippen LogP contribution is 2.28. The van der Waals surface area contributed by atoms with Gasteiger partial charge in [0.2, 0.25) is 0 Å². The molecule has 17 heavy (non-hydrogen) atoms. The fourth-order valence-electron chi connectivity index (χ4n) is 2.25. The van der Waals surface area contributed by atoms with Crippen molar-refractivity contribution in [3.63, 3.8) is 0 Å². The maximum Gasteiger partial charge on any atom is 0.191 e. The van der Waals surface area contributed by atoms with Gasteiger partial charge in [-0.25, -0.2) is 0 Å². The van der Waals surface area contributed by atoms with Crippen LogP contribution in [0.4, 0.5) is 0 Å². The van der Waals surface area contributed by atoms with Crippen molar-refractivity contribution in [1.29, 1.82) is 0 Å². The van der Waals surface area contributed by atoms with E-state index in [9.17, 15) is 0 Å². The fraction of sp³-hybridized carbons (Fsp3) is 0.667. The maximum absolute atomic E-state index is 5.96. The molecule has 0 aliphatic carbocycles. The monoisotopic (exact) mass is 235 g/mol. The number of rotatable bonds is 3. The Labute approximate surface area is 102 Å². The molecule has 0 bridgehead atoms. The van der Waals surface area contributed by atoms with E-state index < -0.39 is 0 Å². The lowest BCUT2D eigenvalue weighted by Gasteiger charge is -2.27. The van der Waals surface area contributed by atoms with Gasteiger partial charge in [0.1, 0.15) is 0 Å². The lowest BCUT2D eigenvalue weighted by atomic mass is 10.1. The summed E-state index contributed by atoms with van der Waals surface area (Å²) in [6.45, 7) is 8.15. The molecule has 0 saturated carbocycles.